The quantitative estimate of drug-likeness (QED) is 0.775. The first-order chi connectivity index (χ1) is 10.1. The first-order valence-electron chi connectivity index (χ1n) is 7.82. The van der Waals surface area contributed by atoms with E-state index in [1.165, 1.54) is 19.4 Å². The number of fused-ring (bicyclic) bond motifs is 1. The molecule has 0 radical (unpaired) electrons. The highest BCUT2D eigenvalue weighted by molar-refractivity contribution is 9.10. The minimum Gasteiger partial charge on any atom is -0.338 e. The number of aryl methyl sites for hydroxylation is 1. The molecule has 3 rings (SSSR count). The fourth-order valence-corrected chi connectivity index (χ4v) is 4.19. The number of halogens is 1. The van der Waals surface area contributed by atoms with Crippen molar-refractivity contribution in [1.29, 1.82) is 0 Å². The van der Waals surface area contributed by atoms with Gasteiger partial charge in [-0.15, -0.1) is 0 Å². The Balaban J connectivity index is 1.76. The van der Waals surface area contributed by atoms with Gasteiger partial charge in [-0.05, 0) is 63.4 Å². The van der Waals surface area contributed by atoms with Gasteiger partial charge in [0.05, 0.1) is 0 Å². The smallest absolute Gasteiger partial charge is 0.254 e. The number of carbonyl (C=O) groups is 1. The van der Waals surface area contributed by atoms with Crippen LogP contribution < -0.4 is 0 Å². The van der Waals surface area contributed by atoms with E-state index in [4.69, 9.17) is 0 Å². The van der Waals surface area contributed by atoms with Crippen molar-refractivity contribution in [2.75, 3.05) is 26.7 Å². The van der Waals surface area contributed by atoms with Gasteiger partial charge in [0, 0.05) is 29.2 Å². The molecule has 114 valence electrons. The third kappa shape index (κ3) is 3.02. The summed E-state index contributed by atoms with van der Waals surface area (Å²) in [5, 5.41) is 0. The molecule has 0 saturated carbocycles. The molecule has 2 unspecified atom stereocenters. The molecule has 0 aliphatic carbocycles. The lowest BCUT2D eigenvalue weighted by Gasteiger charge is -2.46. The van der Waals surface area contributed by atoms with Gasteiger partial charge < -0.3 is 9.80 Å². The Hall–Kier alpha value is -0.870. The molecule has 3 nitrogen and oxygen atoms in total. The summed E-state index contributed by atoms with van der Waals surface area (Å²) in [7, 11) is 2.23. The molecule has 2 aliphatic rings. The summed E-state index contributed by atoms with van der Waals surface area (Å²) in [6, 6.07) is 6.63. The van der Waals surface area contributed by atoms with Gasteiger partial charge in [-0.2, -0.15) is 0 Å². The molecule has 0 aromatic heterocycles. The predicted molar refractivity (Wildman–Crippen MR) is 88.5 cm³/mol. The number of benzene rings is 1. The largest absolute Gasteiger partial charge is 0.338 e. The highest BCUT2D eigenvalue weighted by atomic mass is 79.9. The first-order valence-corrected chi connectivity index (χ1v) is 8.61. The molecule has 2 aliphatic heterocycles. The Morgan fingerprint density at radius 1 is 1.29 bits per heavy atom. The third-order valence-corrected chi connectivity index (χ3v) is 5.56. The minimum atomic E-state index is 0.195. The van der Waals surface area contributed by atoms with Crippen LogP contribution in [-0.2, 0) is 0 Å². The summed E-state index contributed by atoms with van der Waals surface area (Å²) in [5.74, 6) is 0.842. The van der Waals surface area contributed by atoms with Crippen LogP contribution in [0.3, 0.4) is 0 Å². The van der Waals surface area contributed by atoms with Crippen LogP contribution in [-0.4, -0.2) is 48.4 Å². The summed E-state index contributed by atoms with van der Waals surface area (Å²) in [6.45, 7) is 5.02. The molecule has 4 heteroatoms. The fourth-order valence-electron chi connectivity index (χ4n) is 3.83. The highest BCUT2D eigenvalue weighted by Gasteiger charge is 2.36. The van der Waals surface area contributed by atoms with E-state index >= 15 is 0 Å². The zero-order chi connectivity index (χ0) is 15.0. The van der Waals surface area contributed by atoms with Crippen molar-refractivity contribution in [2.24, 2.45) is 5.92 Å². The average molecular weight is 351 g/mol. The molecule has 1 aromatic carbocycles. The van der Waals surface area contributed by atoms with Crippen LogP contribution in [0.4, 0.5) is 0 Å². The van der Waals surface area contributed by atoms with E-state index in [2.05, 4.69) is 32.8 Å². The zero-order valence-electron chi connectivity index (χ0n) is 12.8. The maximum Gasteiger partial charge on any atom is 0.254 e. The topological polar surface area (TPSA) is 23.6 Å². The molecule has 0 N–H and O–H groups in total. The maximum atomic E-state index is 12.8. The highest BCUT2D eigenvalue weighted by Crippen LogP contribution is 2.30. The number of piperidine rings is 2. The Bertz CT molecular complexity index is 546. The van der Waals surface area contributed by atoms with E-state index in [1.807, 2.05) is 25.1 Å². The molecule has 0 spiro atoms. The van der Waals surface area contributed by atoms with Gasteiger partial charge in [-0.3, -0.25) is 4.79 Å². The van der Waals surface area contributed by atoms with Crippen molar-refractivity contribution >= 4 is 21.8 Å². The number of hydrogen-bond acceptors (Lipinski definition) is 2. The van der Waals surface area contributed by atoms with Crippen LogP contribution in [0.2, 0.25) is 0 Å². The first kappa shape index (κ1) is 15.0. The second-order valence-electron chi connectivity index (χ2n) is 6.45. The van der Waals surface area contributed by atoms with Crippen LogP contribution in [0.25, 0.3) is 0 Å². The molecule has 2 heterocycles. The lowest BCUT2D eigenvalue weighted by atomic mass is 9.84. The van der Waals surface area contributed by atoms with Crippen molar-refractivity contribution < 1.29 is 4.79 Å². The SMILES string of the molecule is Cc1ccc(Br)cc1C(=O)N1CCC2C(CCCN2C)C1. The molecule has 1 aromatic rings. The Morgan fingerprint density at radius 3 is 2.90 bits per heavy atom. The molecule has 21 heavy (non-hydrogen) atoms. The van der Waals surface area contributed by atoms with E-state index < -0.39 is 0 Å². The molecule has 2 fully saturated rings. The summed E-state index contributed by atoms with van der Waals surface area (Å²) in [6.07, 6.45) is 3.63. The summed E-state index contributed by atoms with van der Waals surface area (Å²) < 4.78 is 0.976. The Kier molecular flexibility index (Phi) is 4.36. The van der Waals surface area contributed by atoms with Gasteiger partial charge >= 0.3 is 0 Å². The summed E-state index contributed by atoms with van der Waals surface area (Å²) in [5.41, 5.74) is 1.90. The second-order valence-corrected chi connectivity index (χ2v) is 7.37. The molecule has 1 amide bonds. The van der Waals surface area contributed by atoms with E-state index in [0.717, 1.165) is 35.1 Å². The number of rotatable bonds is 1. The second kappa shape index (κ2) is 6.09. The molecule has 2 atom stereocenters. The fraction of sp³-hybridized carbons (Fsp3) is 0.588. The minimum absolute atomic E-state index is 0.195. The van der Waals surface area contributed by atoms with Gasteiger partial charge in [0.15, 0.2) is 0 Å². The van der Waals surface area contributed by atoms with E-state index in [1.54, 1.807) is 0 Å². The lowest BCUT2D eigenvalue weighted by molar-refractivity contribution is 0.0316. The normalized spacial score (nSPS) is 26.5. The Morgan fingerprint density at radius 2 is 2.10 bits per heavy atom. The zero-order valence-corrected chi connectivity index (χ0v) is 14.4. The van der Waals surface area contributed by atoms with Gasteiger partial charge in [0.1, 0.15) is 0 Å². The van der Waals surface area contributed by atoms with Gasteiger partial charge in [-0.1, -0.05) is 22.0 Å². The van der Waals surface area contributed by atoms with Crippen LogP contribution >= 0.6 is 15.9 Å². The van der Waals surface area contributed by atoms with E-state index in [9.17, 15) is 4.79 Å². The van der Waals surface area contributed by atoms with E-state index in [0.29, 0.717) is 12.0 Å². The summed E-state index contributed by atoms with van der Waals surface area (Å²) >= 11 is 3.47. The van der Waals surface area contributed by atoms with Crippen LogP contribution in [0.15, 0.2) is 22.7 Å². The number of hydrogen-bond donors (Lipinski definition) is 0. The van der Waals surface area contributed by atoms with Crippen LogP contribution in [0.5, 0.6) is 0 Å². The molecular weight excluding hydrogens is 328 g/mol. The standard InChI is InChI=1S/C17H23BrN2O/c1-12-5-6-14(18)10-15(12)17(21)20-9-7-16-13(11-20)4-3-8-19(16)2/h5-6,10,13,16H,3-4,7-9,11H2,1-2H3. The van der Waals surface area contributed by atoms with Gasteiger partial charge in [0.25, 0.3) is 5.91 Å². The number of likely N-dealkylation sites (tertiary alicyclic amines) is 2. The predicted octanol–water partition coefficient (Wildman–Crippen LogP) is 3.31. The van der Waals surface area contributed by atoms with E-state index in [-0.39, 0.29) is 5.91 Å². The third-order valence-electron chi connectivity index (χ3n) is 5.06. The van der Waals surface area contributed by atoms with Crippen molar-refractivity contribution in [1.82, 2.24) is 9.80 Å². The number of nitrogens with zero attached hydrogens (tertiary/aromatic N) is 2. The monoisotopic (exact) mass is 350 g/mol. The maximum absolute atomic E-state index is 12.8. The number of amides is 1. The van der Waals surface area contributed by atoms with Gasteiger partial charge in [-0.25, -0.2) is 0 Å². The van der Waals surface area contributed by atoms with Crippen molar-refractivity contribution in [3.05, 3.63) is 33.8 Å². The van der Waals surface area contributed by atoms with Crippen molar-refractivity contribution in [2.45, 2.75) is 32.2 Å². The molecule has 2 saturated heterocycles. The Labute approximate surface area is 135 Å². The number of carbonyl (C=O) groups excluding carboxylic acids is 1. The van der Waals surface area contributed by atoms with Gasteiger partial charge in [0.2, 0.25) is 0 Å². The van der Waals surface area contributed by atoms with Crippen molar-refractivity contribution in [3.63, 3.8) is 0 Å². The lowest BCUT2D eigenvalue weighted by Crippen LogP contribution is -2.53. The summed E-state index contributed by atoms with van der Waals surface area (Å²) in [4.78, 5) is 17.4. The average Bonchev–Trinajstić information content (AvgIpc) is 2.49. The molecular formula is C17H23BrN2O. The van der Waals surface area contributed by atoms with Crippen molar-refractivity contribution in [3.8, 4) is 0 Å². The van der Waals surface area contributed by atoms with Crippen LogP contribution in [0, 0.1) is 12.8 Å². The molecule has 0 bridgehead atoms. The van der Waals surface area contributed by atoms with Crippen LogP contribution in [0.1, 0.15) is 35.2 Å².